The van der Waals surface area contributed by atoms with Crippen molar-refractivity contribution < 1.29 is 37.0 Å². The van der Waals surface area contributed by atoms with E-state index in [0.29, 0.717) is 31.7 Å². The van der Waals surface area contributed by atoms with Gasteiger partial charge in [-0.15, -0.1) is 13.2 Å². The lowest BCUT2D eigenvalue weighted by atomic mass is 9.91. The Bertz CT molecular complexity index is 1350. The third-order valence-corrected chi connectivity index (χ3v) is 6.10. The molecule has 3 amide bonds. The highest BCUT2D eigenvalue weighted by Gasteiger charge is 2.36. The molecule has 9 nitrogen and oxygen atoms in total. The third kappa shape index (κ3) is 6.87. The van der Waals surface area contributed by atoms with Crippen molar-refractivity contribution in [3.05, 3.63) is 54.5 Å². The number of methoxy groups -OCH3 is 1. The number of piperidine rings is 1. The molecule has 0 spiro atoms. The summed E-state index contributed by atoms with van der Waals surface area (Å²) in [6, 6.07) is 9.54. The molecule has 0 aliphatic carbocycles. The Kier molecular flexibility index (Phi) is 7.84. The maximum atomic E-state index is 13.6. The summed E-state index contributed by atoms with van der Waals surface area (Å²) in [7, 11) is 1.58. The van der Waals surface area contributed by atoms with Gasteiger partial charge in [0.1, 0.15) is 23.4 Å². The van der Waals surface area contributed by atoms with Gasteiger partial charge < -0.3 is 19.1 Å². The Morgan fingerprint density at radius 1 is 1.00 bits per heavy atom. The van der Waals surface area contributed by atoms with Crippen LogP contribution in [-0.2, 0) is 4.74 Å². The molecule has 0 N–H and O–H groups in total. The smallest absolute Gasteiger partial charge is 0.497 e. The topological polar surface area (TPSA) is 94.1 Å². The Morgan fingerprint density at radius 3 is 2.36 bits per heavy atom. The van der Waals surface area contributed by atoms with E-state index in [1.54, 1.807) is 27.9 Å². The monoisotopic (exact) mass is 546 g/mol. The first-order valence-corrected chi connectivity index (χ1v) is 12.3. The summed E-state index contributed by atoms with van der Waals surface area (Å²) < 4.78 is 53.1. The van der Waals surface area contributed by atoms with Crippen LogP contribution in [0.15, 0.2) is 48.8 Å². The number of hydrogen-bond donors (Lipinski definition) is 0. The second kappa shape index (κ2) is 11.0. The molecule has 2 heterocycles. The van der Waals surface area contributed by atoms with Crippen molar-refractivity contribution >= 4 is 28.7 Å². The quantitative estimate of drug-likeness (QED) is 0.380. The van der Waals surface area contributed by atoms with Gasteiger partial charge in [-0.2, -0.15) is 4.90 Å². The van der Waals surface area contributed by atoms with Crippen LogP contribution >= 0.6 is 0 Å². The number of anilines is 1. The molecule has 1 fully saturated rings. The molecule has 0 radical (unpaired) electrons. The number of imide groups is 1. The molecule has 0 unspecified atom stereocenters. The highest BCUT2D eigenvalue weighted by molar-refractivity contribution is 6.11. The van der Waals surface area contributed by atoms with Crippen molar-refractivity contribution in [3.63, 3.8) is 0 Å². The lowest BCUT2D eigenvalue weighted by Gasteiger charge is -2.35. The van der Waals surface area contributed by atoms with E-state index >= 15 is 0 Å². The van der Waals surface area contributed by atoms with Gasteiger partial charge in [-0.25, -0.2) is 19.6 Å². The van der Waals surface area contributed by atoms with Crippen LogP contribution < -0.4 is 14.4 Å². The van der Waals surface area contributed by atoms with Gasteiger partial charge in [-0.1, -0.05) is 6.07 Å². The fraction of sp³-hybridized carbons (Fsp3) is 0.407. The van der Waals surface area contributed by atoms with Crippen LogP contribution in [0.25, 0.3) is 10.9 Å². The number of nitrogens with zero attached hydrogens (tertiary/aromatic N) is 4. The molecule has 1 saturated heterocycles. The molecule has 3 aromatic rings. The van der Waals surface area contributed by atoms with E-state index in [2.05, 4.69) is 14.7 Å². The summed E-state index contributed by atoms with van der Waals surface area (Å²) in [5.74, 6) is 0.151. The predicted octanol–water partition coefficient (Wildman–Crippen LogP) is 6.28. The molecule has 0 bridgehead atoms. The zero-order valence-corrected chi connectivity index (χ0v) is 22.0. The fourth-order valence-corrected chi connectivity index (χ4v) is 4.42. The van der Waals surface area contributed by atoms with E-state index in [4.69, 9.17) is 9.47 Å². The van der Waals surface area contributed by atoms with Gasteiger partial charge in [0, 0.05) is 36.5 Å². The van der Waals surface area contributed by atoms with Gasteiger partial charge in [0.05, 0.1) is 24.0 Å². The largest absolute Gasteiger partial charge is 0.573 e. The third-order valence-electron chi connectivity index (χ3n) is 6.10. The van der Waals surface area contributed by atoms with Crippen molar-refractivity contribution in [2.45, 2.75) is 51.5 Å². The Labute approximate surface area is 223 Å². The van der Waals surface area contributed by atoms with Crippen LogP contribution in [0.1, 0.15) is 45.2 Å². The highest BCUT2D eigenvalue weighted by atomic mass is 19.4. The lowest BCUT2D eigenvalue weighted by Crippen LogP contribution is -2.50. The van der Waals surface area contributed by atoms with Crippen LogP contribution in [0.5, 0.6) is 11.5 Å². The standard InChI is InChI=1S/C27H29F3N4O5/c1-26(2,3)39-25(36)34(18-6-5-7-20(14-18)38-27(28,29)30)24(35)33-12-10-17(11-13-33)23-21-9-8-19(37-4)15-22(21)31-16-32-23/h5-9,14-17H,10-13H2,1-4H3. The van der Waals surface area contributed by atoms with Crippen molar-refractivity contribution in [1.29, 1.82) is 0 Å². The predicted molar refractivity (Wildman–Crippen MR) is 137 cm³/mol. The van der Waals surface area contributed by atoms with Crippen LogP contribution in [0.2, 0.25) is 0 Å². The Balaban J connectivity index is 1.56. The molecule has 1 aliphatic heterocycles. The Hall–Kier alpha value is -4.09. The summed E-state index contributed by atoms with van der Waals surface area (Å²) in [6.07, 6.45) is -3.33. The van der Waals surface area contributed by atoms with Crippen molar-refractivity contribution in [2.75, 3.05) is 25.1 Å². The van der Waals surface area contributed by atoms with Gasteiger partial charge in [-0.3, -0.25) is 0 Å². The van der Waals surface area contributed by atoms with Gasteiger partial charge in [0.2, 0.25) is 0 Å². The number of fused-ring (bicyclic) bond motifs is 1. The number of ether oxygens (including phenoxy) is 3. The van der Waals surface area contributed by atoms with E-state index in [-0.39, 0.29) is 11.6 Å². The number of alkyl halides is 3. The van der Waals surface area contributed by atoms with E-state index in [1.807, 2.05) is 18.2 Å². The minimum absolute atomic E-state index is 0.0337. The van der Waals surface area contributed by atoms with Crippen LogP contribution in [0.3, 0.4) is 0 Å². The van der Waals surface area contributed by atoms with Gasteiger partial charge in [0.25, 0.3) is 0 Å². The number of halogens is 3. The minimum Gasteiger partial charge on any atom is -0.497 e. The average Bonchev–Trinajstić information content (AvgIpc) is 2.86. The van der Waals surface area contributed by atoms with E-state index in [1.165, 1.54) is 23.4 Å². The van der Waals surface area contributed by atoms with Gasteiger partial charge in [0.15, 0.2) is 0 Å². The number of likely N-dealkylation sites (tertiary alicyclic amines) is 1. The SMILES string of the molecule is COc1ccc2c(C3CCN(C(=O)N(C(=O)OC(C)(C)C)c4cccc(OC(F)(F)F)c4)CC3)ncnc2c1. The number of benzene rings is 2. The number of amides is 3. The molecular formula is C27H29F3N4O5. The second-order valence-electron chi connectivity index (χ2n) is 10.0. The molecule has 0 saturated carbocycles. The number of hydrogen-bond acceptors (Lipinski definition) is 7. The number of aromatic nitrogens is 2. The molecule has 208 valence electrons. The van der Waals surface area contributed by atoms with Crippen molar-refractivity contribution in [3.8, 4) is 11.5 Å². The summed E-state index contributed by atoms with van der Waals surface area (Å²) in [6.45, 7) is 5.48. The van der Waals surface area contributed by atoms with E-state index in [9.17, 15) is 22.8 Å². The summed E-state index contributed by atoms with van der Waals surface area (Å²) >= 11 is 0. The summed E-state index contributed by atoms with van der Waals surface area (Å²) in [5.41, 5.74) is 0.555. The zero-order valence-electron chi connectivity index (χ0n) is 22.0. The lowest BCUT2D eigenvalue weighted by molar-refractivity contribution is -0.274. The molecule has 1 aromatic heterocycles. The molecule has 4 rings (SSSR count). The van der Waals surface area contributed by atoms with Gasteiger partial charge >= 0.3 is 18.5 Å². The summed E-state index contributed by atoms with van der Waals surface area (Å²) in [4.78, 5) is 37.7. The van der Waals surface area contributed by atoms with Crippen molar-refractivity contribution in [2.24, 2.45) is 0 Å². The van der Waals surface area contributed by atoms with Gasteiger partial charge in [-0.05, 0) is 57.9 Å². The number of urea groups is 1. The number of carbonyl (C=O) groups is 2. The fourth-order valence-electron chi connectivity index (χ4n) is 4.42. The zero-order chi connectivity index (χ0) is 28.4. The average molecular weight is 547 g/mol. The molecule has 2 aromatic carbocycles. The summed E-state index contributed by atoms with van der Waals surface area (Å²) in [5, 5.41) is 0.889. The van der Waals surface area contributed by atoms with Crippen LogP contribution in [0.4, 0.5) is 28.4 Å². The first-order chi connectivity index (χ1) is 18.3. The Morgan fingerprint density at radius 2 is 1.72 bits per heavy atom. The highest BCUT2D eigenvalue weighted by Crippen LogP contribution is 2.34. The van der Waals surface area contributed by atoms with Crippen LogP contribution in [-0.4, -0.2) is 59.2 Å². The maximum absolute atomic E-state index is 13.6. The molecule has 0 atom stereocenters. The molecular weight excluding hydrogens is 517 g/mol. The first kappa shape index (κ1) is 27.9. The second-order valence-corrected chi connectivity index (χ2v) is 10.0. The maximum Gasteiger partial charge on any atom is 0.573 e. The molecule has 12 heteroatoms. The minimum atomic E-state index is -4.93. The molecule has 1 aliphatic rings. The van der Waals surface area contributed by atoms with E-state index in [0.717, 1.165) is 33.6 Å². The number of carbonyl (C=O) groups excluding carboxylic acids is 2. The molecule has 39 heavy (non-hydrogen) atoms. The van der Waals surface area contributed by atoms with Crippen molar-refractivity contribution in [1.82, 2.24) is 14.9 Å². The van der Waals surface area contributed by atoms with Crippen LogP contribution in [0, 0.1) is 0 Å². The number of rotatable bonds is 4. The normalized spacial score (nSPS) is 14.7. The van der Waals surface area contributed by atoms with E-state index < -0.39 is 29.8 Å². The first-order valence-electron chi connectivity index (χ1n) is 12.3.